The zero-order chi connectivity index (χ0) is 14.0. The largest absolute Gasteiger partial charge is 0.422 e. The molecule has 96 valence electrons. The molecular weight excluding hydrogens is 242 g/mol. The van der Waals surface area contributed by atoms with E-state index in [2.05, 4.69) is 5.92 Å². The summed E-state index contributed by atoms with van der Waals surface area (Å²) in [4.78, 5) is 25.4. The SMILES string of the molecule is C#CCN(C)C(=O)c1c(C)c2ccccc2oc1=O. The second-order valence-corrected chi connectivity index (χ2v) is 4.25. The summed E-state index contributed by atoms with van der Waals surface area (Å²) in [6.45, 7) is 1.88. The average Bonchev–Trinajstić information content (AvgIpc) is 2.38. The van der Waals surface area contributed by atoms with Crippen LogP contribution < -0.4 is 5.63 Å². The number of nitrogens with zero attached hydrogens (tertiary/aromatic N) is 1. The third kappa shape index (κ3) is 2.23. The number of rotatable bonds is 2. The Bertz CT molecular complexity index is 737. The van der Waals surface area contributed by atoms with Crippen molar-refractivity contribution < 1.29 is 9.21 Å². The predicted molar refractivity (Wildman–Crippen MR) is 73.0 cm³/mol. The van der Waals surface area contributed by atoms with Gasteiger partial charge in [-0.2, -0.15) is 0 Å². The Morgan fingerprint density at radius 1 is 1.42 bits per heavy atom. The molecule has 0 saturated heterocycles. The molecule has 0 N–H and O–H groups in total. The molecule has 4 nitrogen and oxygen atoms in total. The smallest absolute Gasteiger partial charge is 0.349 e. The fourth-order valence-electron chi connectivity index (χ4n) is 1.95. The molecule has 0 saturated carbocycles. The van der Waals surface area contributed by atoms with Crippen molar-refractivity contribution in [2.45, 2.75) is 6.92 Å². The molecule has 19 heavy (non-hydrogen) atoms. The number of hydrogen-bond donors (Lipinski definition) is 0. The lowest BCUT2D eigenvalue weighted by atomic mass is 10.1. The van der Waals surface area contributed by atoms with Gasteiger partial charge >= 0.3 is 5.63 Å². The average molecular weight is 255 g/mol. The van der Waals surface area contributed by atoms with E-state index in [9.17, 15) is 9.59 Å². The summed E-state index contributed by atoms with van der Waals surface area (Å²) in [5, 5.41) is 0.750. The molecule has 0 fully saturated rings. The number of hydrogen-bond acceptors (Lipinski definition) is 3. The third-order valence-electron chi connectivity index (χ3n) is 2.96. The monoisotopic (exact) mass is 255 g/mol. The molecule has 0 spiro atoms. The maximum atomic E-state index is 12.2. The molecule has 4 heteroatoms. The van der Waals surface area contributed by atoms with Crippen LogP contribution in [0.5, 0.6) is 0 Å². The van der Waals surface area contributed by atoms with Crippen LogP contribution in [0.25, 0.3) is 11.0 Å². The molecule has 0 radical (unpaired) electrons. The van der Waals surface area contributed by atoms with Crippen LogP contribution in [0.1, 0.15) is 15.9 Å². The number of carbonyl (C=O) groups excluding carboxylic acids is 1. The zero-order valence-corrected chi connectivity index (χ0v) is 10.8. The normalized spacial score (nSPS) is 10.2. The van der Waals surface area contributed by atoms with Crippen LogP contribution in [0.15, 0.2) is 33.5 Å². The third-order valence-corrected chi connectivity index (χ3v) is 2.96. The van der Waals surface area contributed by atoms with Crippen molar-refractivity contribution in [3.8, 4) is 12.3 Å². The first-order valence-corrected chi connectivity index (χ1v) is 5.77. The summed E-state index contributed by atoms with van der Waals surface area (Å²) in [6.07, 6.45) is 5.17. The van der Waals surface area contributed by atoms with Gasteiger partial charge in [-0.1, -0.05) is 24.1 Å². The Balaban J connectivity index is 2.65. The lowest BCUT2D eigenvalue weighted by molar-refractivity contribution is 0.0808. The molecule has 0 atom stereocenters. The minimum atomic E-state index is -0.634. The second-order valence-electron chi connectivity index (χ2n) is 4.25. The highest BCUT2D eigenvalue weighted by atomic mass is 16.4. The minimum Gasteiger partial charge on any atom is -0.422 e. The molecule has 0 unspecified atom stereocenters. The van der Waals surface area contributed by atoms with E-state index in [0.717, 1.165) is 5.39 Å². The van der Waals surface area contributed by atoms with Gasteiger partial charge in [-0.25, -0.2) is 4.79 Å². The summed E-state index contributed by atoms with van der Waals surface area (Å²) < 4.78 is 5.17. The van der Waals surface area contributed by atoms with E-state index in [1.165, 1.54) is 4.90 Å². The van der Waals surface area contributed by atoms with E-state index in [0.29, 0.717) is 11.1 Å². The fraction of sp³-hybridized carbons (Fsp3) is 0.200. The Morgan fingerprint density at radius 3 is 2.79 bits per heavy atom. The van der Waals surface area contributed by atoms with Crippen molar-refractivity contribution in [2.75, 3.05) is 13.6 Å². The second kappa shape index (κ2) is 4.99. The fourth-order valence-corrected chi connectivity index (χ4v) is 1.95. The van der Waals surface area contributed by atoms with Crippen LogP contribution in [-0.4, -0.2) is 24.4 Å². The Hall–Kier alpha value is -2.54. The van der Waals surface area contributed by atoms with E-state index >= 15 is 0 Å². The molecule has 2 aromatic rings. The van der Waals surface area contributed by atoms with E-state index < -0.39 is 11.5 Å². The van der Waals surface area contributed by atoms with E-state index in [-0.39, 0.29) is 12.1 Å². The van der Waals surface area contributed by atoms with Crippen molar-refractivity contribution in [1.29, 1.82) is 0 Å². The molecule has 1 heterocycles. The first-order chi connectivity index (χ1) is 9.06. The van der Waals surface area contributed by atoms with Gasteiger partial charge in [-0.3, -0.25) is 4.79 Å². The van der Waals surface area contributed by atoms with Crippen molar-refractivity contribution in [2.24, 2.45) is 0 Å². The number of amides is 1. The van der Waals surface area contributed by atoms with Gasteiger partial charge in [-0.05, 0) is 18.6 Å². The van der Waals surface area contributed by atoms with Gasteiger partial charge in [0.1, 0.15) is 11.1 Å². The number of carbonyl (C=O) groups is 1. The summed E-state index contributed by atoms with van der Waals surface area (Å²) in [7, 11) is 1.55. The summed E-state index contributed by atoms with van der Waals surface area (Å²) >= 11 is 0. The standard InChI is InChI=1S/C15H13NO3/c1-4-9-16(3)14(17)13-10(2)11-7-5-6-8-12(11)19-15(13)18/h1,5-8H,9H2,2-3H3. The summed E-state index contributed by atoms with van der Waals surface area (Å²) in [5.41, 5.74) is 0.489. The van der Waals surface area contributed by atoms with Gasteiger partial charge in [0.25, 0.3) is 5.91 Å². The topological polar surface area (TPSA) is 50.5 Å². The molecule has 0 aliphatic heterocycles. The highest BCUT2D eigenvalue weighted by Gasteiger charge is 2.20. The summed E-state index contributed by atoms with van der Waals surface area (Å²) in [5.74, 6) is 1.95. The quantitative estimate of drug-likeness (QED) is 0.607. The van der Waals surface area contributed by atoms with Crippen molar-refractivity contribution in [1.82, 2.24) is 4.90 Å². The maximum Gasteiger partial charge on any atom is 0.349 e. The molecule has 0 bridgehead atoms. The molecule has 0 aliphatic rings. The molecule has 1 aromatic carbocycles. The Morgan fingerprint density at radius 2 is 2.11 bits per heavy atom. The number of terminal acetylenes is 1. The van der Waals surface area contributed by atoms with Gasteiger partial charge in [0, 0.05) is 12.4 Å². The highest BCUT2D eigenvalue weighted by Crippen LogP contribution is 2.19. The van der Waals surface area contributed by atoms with Gasteiger partial charge in [0.2, 0.25) is 0 Å². The van der Waals surface area contributed by atoms with E-state index in [4.69, 9.17) is 10.8 Å². The van der Waals surface area contributed by atoms with Crippen LogP contribution in [0, 0.1) is 19.3 Å². The van der Waals surface area contributed by atoms with E-state index in [1.54, 1.807) is 26.1 Å². The first-order valence-electron chi connectivity index (χ1n) is 5.77. The molecule has 1 amide bonds. The van der Waals surface area contributed by atoms with Crippen LogP contribution in [0.2, 0.25) is 0 Å². The molecule has 0 aliphatic carbocycles. The Labute approximate surface area is 110 Å². The number of aryl methyl sites for hydroxylation is 1. The van der Waals surface area contributed by atoms with Gasteiger partial charge in [0.05, 0.1) is 6.54 Å². The van der Waals surface area contributed by atoms with Gasteiger partial charge in [-0.15, -0.1) is 6.42 Å². The predicted octanol–water partition coefficient (Wildman–Crippen LogP) is 1.81. The van der Waals surface area contributed by atoms with Crippen LogP contribution in [-0.2, 0) is 0 Å². The number of para-hydroxylation sites is 1. The first kappa shape index (κ1) is 12.9. The zero-order valence-electron chi connectivity index (χ0n) is 10.8. The van der Waals surface area contributed by atoms with Crippen molar-refractivity contribution in [3.05, 3.63) is 45.8 Å². The van der Waals surface area contributed by atoms with Crippen molar-refractivity contribution in [3.63, 3.8) is 0 Å². The van der Waals surface area contributed by atoms with Crippen molar-refractivity contribution >= 4 is 16.9 Å². The van der Waals surface area contributed by atoms with E-state index in [1.807, 2.05) is 12.1 Å². The lowest BCUT2D eigenvalue weighted by Crippen LogP contribution is -2.31. The molecule has 2 rings (SSSR count). The maximum absolute atomic E-state index is 12.2. The van der Waals surface area contributed by atoms with Gasteiger partial charge < -0.3 is 9.32 Å². The van der Waals surface area contributed by atoms with Crippen LogP contribution in [0.3, 0.4) is 0 Å². The van der Waals surface area contributed by atoms with Crippen LogP contribution in [0.4, 0.5) is 0 Å². The van der Waals surface area contributed by atoms with Gasteiger partial charge in [0.15, 0.2) is 0 Å². The highest BCUT2D eigenvalue weighted by molar-refractivity contribution is 5.99. The number of benzene rings is 1. The molecular formula is C15H13NO3. The number of fused-ring (bicyclic) bond motifs is 1. The lowest BCUT2D eigenvalue weighted by Gasteiger charge is -2.15. The molecule has 1 aromatic heterocycles. The summed E-state index contributed by atoms with van der Waals surface area (Å²) in [6, 6.07) is 7.11. The van der Waals surface area contributed by atoms with Crippen LogP contribution >= 0.6 is 0 Å². The Kier molecular flexibility index (Phi) is 3.39. The minimum absolute atomic E-state index is 0.0384.